The minimum Gasteiger partial charge on any atom is -0.392 e. The van der Waals surface area contributed by atoms with E-state index in [-0.39, 0.29) is 5.92 Å². The quantitative estimate of drug-likeness (QED) is 0.449. The minimum atomic E-state index is -0.995. The Hall–Kier alpha value is -2.53. The molecule has 1 fully saturated rings. The molecule has 1 aliphatic rings. The summed E-state index contributed by atoms with van der Waals surface area (Å²) in [7, 11) is 1.64. The van der Waals surface area contributed by atoms with Gasteiger partial charge in [0.25, 0.3) is 0 Å². The Morgan fingerprint density at radius 1 is 1.21 bits per heavy atom. The lowest BCUT2D eigenvalue weighted by Gasteiger charge is -2.27. The molecular formula is C23H30N6O3S. The van der Waals surface area contributed by atoms with Crippen LogP contribution in [0.2, 0.25) is 0 Å². The lowest BCUT2D eigenvalue weighted by Crippen LogP contribution is -2.35. The highest BCUT2D eigenvalue weighted by molar-refractivity contribution is 7.21. The van der Waals surface area contributed by atoms with Gasteiger partial charge in [0, 0.05) is 37.9 Å². The van der Waals surface area contributed by atoms with E-state index in [0.717, 1.165) is 37.9 Å². The van der Waals surface area contributed by atoms with E-state index >= 15 is 0 Å². The molecule has 9 nitrogen and oxygen atoms in total. The SMILES string of the molecule is COCCNc1nc(C)c(-c2nc3c(C)nccc3s2)c(N=C2CC(O)C(C(C)(C)O)C2)n1. The number of aliphatic hydroxyl groups excluding tert-OH is 1. The molecule has 0 saturated heterocycles. The first-order valence-electron chi connectivity index (χ1n) is 11.0. The molecule has 0 spiro atoms. The van der Waals surface area contributed by atoms with Crippen LogP contribution in [0, 0.1) is 19.8 Å². The molecule has 0 amide bonds. The van der Waals surface area contributed by atoms with Crippen LogP contribution < -0.4 is 5.32 Å². The zero-order valence-corrected chi connectivity index (χ0v) is 20.4. The summed E-state index contributed by atoms with van der Waals surface area (Å²) in [6, 6.07) is 1.95. The van der Waals surface area contributed by atoms with Crippen molar-refractivity contribution in [1.82, 2.24) is 19.9 Å². The maximum atomic E-state index is 10.5. The van der Waals surface area contributed by atoms with Gasteiger partial charge in [-0.2, -0.15) is 4.98 Å². The van der Waals surface area contributed by atoms with Crippen LogP contribution in [0.25, 0.3) is 20.8 Å². The van der Waals surface area contributed by atoms with E-state index < -0.39 is 11.7 Å². The van der Waals surface area contributed by atoms with Crippen LogP contribution in [0.15, 0.2) is 17.3 Å². The van der Waals surface area contributed by atoms with Crippen molar-refractivity contribution < 1.29 is 14.9 Å². The first kappa shape index (κ1) is 23.6. The van der Waals surface area contributed by atoms with Crippen molar-refractivity contribution in [3.05, 3.63) is 23.7 Å². The largest absolute Gasteiger partial charge is 0.392 e. The number of pyridine rings is 1. The number of hydrogen-bond acceptors (Lipinski definition) is 10. The Balaban J connectivity index is 1.80. The number of anilines is 1. The maximum Gasteiger partial charge on any atom is 0.225 e. The molecule has 2 unspecified atom stereocenters. The van der Waals surface area contributed by atoms with E-state index in [9.17, 15) is 10.2 Å². The van der Waals surface area contributed by atoms with Gasteiger partial charge in [-0.1, -0.05) is 0 Å². The van der Waals surface area contributed by atoms with Crippen molar-refractivity contribution in [3.8, 4) is 10.6 Å². The fourth-order valence-electron chi connectivity index (χ4n) is 4.14. The van der Waals surface area contributed by atoms with Crippen LogP contribution in [-0.4, -0.2) is 67.8 Å². The molecule has 176 valence electrons. The zero-order chi connectivity index (χ0) is 23.8. The average Bonchev–Trinajstić information content (AvgIpc) is 3.32. The fourth-order valence-corrected chi connectivity index (χ4v) is 5.25. The molecule has 0 radical (unpaired) electrons. The summed E-state index contributed by atoms with van der Waals surface area (Å²) in [6.07, 6.45) is 2.03. The van der Waals surface area contributed by atoms with Crippen LogP contribution in [-0.2, 0) is 4.74 Å². The van der Waals surface area contributed by atoms with Crippen LogP contribution in [0.1, 0.15) is 38.1 Å². The van der Waals surface area contributed by atoms with Crippen LogP contribution >= 0.6 is 11.3 Å². The number of hydrogen-bond donors (Lipinski definition) is 3. The van der Waals surface area contributed by atoms with E-state index in [2.05, 4.69) is 15.3 Å². The topological polar surface area (TPSA) is 126 Å². The molecule has 3 N–H and O–H groups in total. The van der Waals surface area contributed by atoms with E-state index in [4.69, 9.17) is 19.7 Å². The number of rotatable bonds is 7. The second kappa shape index (κ2) is 9.38. The van der Waals surface area contributed by atoms with E-state index in [0.29, 0.717) is 37.8 Å². The summed E-state index contributed by atoms with van der Waals surface area (Å²) in [5.74, 6) is 0.688. The number of methoxy groups -OCH3 is 1. The number of aryl methyl sites for hydroxylation is 2. The third-order valence-corrected chi connectivity index (χ3v) is 6.94. The van der Waals surface area contributed by atoms with Crippen LogP contribution in [0.4, 0.5) is 11.8 Å². The van der Waals surface area contributed by atoms with Crippen molar-refractivity contribution in [1.29, 1.82) is 0 Å². The average molecular weight is 471 g/mol. The predicted octanol–water partition coefficient (Wildman–Crippen LogP) is 3.44. The van der Waals surface area contributed by atoms with Gasteiger partial charge in [0.05, 0.1) is 40.0 Å². The molecule has 0 aromatic carbocycles. The van der Waals surface area contributed by atoms with Gasteiger partial charge >= 0.3 is 0 Å². The minimum absolute atomic E-state index is 0.280. The number of aliphatic hydroxyl groups is 2. The summed E-state index contributed by atoms with van der Waals surface area (Å²) in [5.41, 5.74) is 3.05. The molecule has 3 heterocycles. The van der Waals surface area contributed by atoms with Crippen LogP contribution in [0.5, 0.6) is 0 Å². The summed E-state index contributed by atoms with van der Waals surface area (Å²) < 4.78 is 6.15. The third kappa shape index (κ3) is 5.03. The standard InChI is InChI=1S/C23H30N6O3S/c1-12-18(21-28-19-13(2)24-7-6-17(19)33-21)20(29-22(26-12)25-8-9-32-5)27-14-10-15(16(30)11-14)23(3,4)31/h6-7,15-16,30-31H,8-11H2,1-5H3,(H,25,26,29). The first-order valence-corrected chi connectivity index (χ1v) is 11.8. The molecular weight excluding hydrogens is 440 g/mol. The van der Waals surface area contributed by atoms with Gasteiger partial charge in [-0.3, -0.25) is 4.98 Å². The molecule has 1 saturated carbocycles. The molecule has 4 rings (SSSR count). The normalized spacial score (nSPS) is 20.2. The summed E-state index contributed by atoms with van der Waals surface area (Å²) in [5, 5.41) is 24.9. The zero-order valence-electron chi connectivity index (χ0n) is 19.6. The maximum absolute atomic E-state index is 10.5. The number of aliphatic imine (C=N–C) groups is 1. The monoisotopic (exact) mass is 470 g/mol. The highest BCUT2D eigenvalue weighted by Gasteiger charge is 2.39. The summed E-state index contributed by atoms with van der Waals surface area (Å²) in [6.45, 7) is 8.39. The van der Waals surface area contributed by atoms with Crippen molar-refractivity contribution in [3.63, 3.8) is 0 Å². The molecule has 2 atom stereocenters. The fraction of sp³-hybridized carbons (Fsp3) is 0.522. The van der Waals surface area contributed by atoms with Gasteiger partial charge in [-0.15, -0.1) is 11.3 Å². The van der Waals surface area contributed by atoms with Crippen molar-refractivity contribution in [2.24, 2.45) is 10.9 Å². The second-order valence-electron chi connectivity index (χ2n) is 8.93. The highest BCUT2D eigenvalue weighted by atomic mass is 32.1. The molecule has 0 bridgehead atoms. The molecule has 3 aromatic rings. The number of ether oxygens (including phenoxy) is 1. The highest BCUT2D eigenvalue weighted by Crippen LogP contribution is 2.39. The predicted molar refractivity (Wildman–Crippen MR) is 130 cm³/mol. The van der Waals surface area contributed by atoms with Crippen molar-refractivity contribution in [2.75, 3.05) is 25.6 Å². The first-order chi connectivity index (χ1) is 15.7. The molecule has 3 aromatic heterocycles. The number of fused-ring (bicyclic) bond motifs is 1. The van der Waals surface area contributed by atoms with Gasteiger partial charge < -0.3 is 20.3 Å². The van der Waals surface area contributed by atoms with Crippen molar-refractivity contribution >= 4 is 39.0 Å². The number of aromatic nitrogens is 4. The lowest BCUT2D eigenvalue weighted by molar-refractivity contribution is -0.0312. The smallest absolute Gasteiger partial charge is 0.225 e. The number of thiazole rings is 1. The van der Waals surface area contributed by atoms with Gasteiger partial charge in [0.1, 0.15) is 10.5 Å². The molecule has 0 aliphatic heterocycles. The Kier molecular flexibility index (Phi) is 6.71. The van der Waals surface area contributed by atoms with Gasteiger partial charge in [0.2, 0.25) is 5.95 Å². The number of nitrogens with zero attached hydrogens (tertiary/aromatic N) is 5. The third-order valence-electron chi connectivity index (χ3n) is 5.90. The van der Waals surface area contributed by atoms with Crippen molar-refractivity contribution in [2.45, 2.75) is 52.2 Å². The van der Waals surface area contributed by atoms with Gasteiger partial charge in [-0.25, -0.2) is 15.0 Å². The summed E-state index contributed by atoms with van der Waals surface area (Å²) in [4.78, 5) is 23.4. The van der Waals surface area contributed by atoms with E-state index in [1.54, 1.807) is 38.5 Å². The summed E-state index contributed by atoms with van der Waals surface area (Å²) >= 11 is 1.55. The van der Waals surface area contributed by atoms with E-state index in [1.807, 2.05) is 19.9 Å². The molecule has 1 aliphatic carbocycles. The lowest BCUT2D eigenvalue weighted by atomic mass is 9.88. The second-order valence-corrected chi connectivity index (χ2v) is 9.96. The Morgan fingerprint density at radius 3 is 2.67 bits per heavy atom. The molecule has 10 heteroatoms. The Morgan fingerprint density at radius 2 is 2.00 bits per heavy atom. The Labute approximate surface area is 197 Å². The van der Waals surface area contributed by atoms with Gasteiger partial charge in [-0.05, 0) is 40.2 Å². The van der Waals surface area contributed by atoms with Gasteiger partial charge in [0.15, 0.2) is 5.82 Å². The van der Waals surface area contributed by atoms with Crippen LogP contribution in [0.3, 0.4) is 0 Å². The number of nitrogens with one attached hydrogen (secondary N) is 1. The Bertz CT molecular complexity index is 1190. The van der Waals surface area contributed by atoms with E-state index in [1.165, 1.54) is 0 Å². The molecule has 33 heavy (non-hydrogen) atoms.